The molecule has 14 heavy (non-hydrogen) atoms. The zero-order chi connectivity index (χ0) is 10.3. The molecule has 4 heteroatoms. The molecule has 1 aliphatic rings. The maximum atomic E-state index is 5.88. The van der Waals surface area contributed by atoms with Gasteiger partial charge in [0.05, 0.1) is 0 Å². The van der Waals surface area contributed by atoms with Crippen LogP contribution in [0.15, 0.2) is 21.3 Å². The predicted octanol–water partition coefficient (Wildman–Crippen LogP) is 3.06. The Labute approximate surface area is 101 Å². The third kappa shape index (κ3) is 1.88. The number of halogens is 2. The van der Waals surface area contributed by atoms with E-state index >= 15 is 0 Å². The zero-order valence-corrected chi connectivity index (χ0v) is 11.0. The average molecular weight is 320 g/mol. The first-order valence-electron chi connectivity index (χ1n) is 4.65. The minimum absolute atomic E-state index is 0.284. The minimum Gasteiger partial charge on any atom is -0.328 e. The highest BCUT2D eigenvalue weighted by Gasteiger charge is 2.42. The molecule has 2 N–H and O–H groups in total. The smallest absolute Gasteiger partial charge is 0.0413 e. The van der Waals surface area contributed by atoms with Crippen molar-refractivity contribution in [1.29, 1.82) is 0 Å². The van der Waals surface area contributed by atoms with Gasteiger partial charge in [-0.3, -0.25) is 4.98 Å². The molecule has 2 nitrogen and oxygen atoms in total. The Balaban J connectivity index is 2.26. The molecule has 3 unspecified atom stereocenters. The lowest BCUT2D eigenvalue weighted by molar-refractivity contribution is 0.630. The molecule has 1 heterocycles. The summed E-state index contributed by atoms with van der Waals surface area (Å²) in [5.41, 5.74) is 7.20. The van der Waals surface area contributed by atoms with E-state index in [-0.39, 0.29) is 6.04 Å². The van der Waals surface area contributed by atoms with Crippen molar-refractivity contribution in [3.8, 4) is 0 Å². The number of rotatable bonds is 2. The topological polar surface area (TPSA) is 38.9 Å². The quantitative estimate of drug-likeness (QED) is 0.910. The van der Waals surface area contributed by atoms with Gasteiger partial charge in [0.1, 0.15) is 0 Å². The van der Waals surface area contributed by atoms with Crippen molar-refractivity contribution in [2.24, 2.45) is 11.7 Å². The Morgan fingerprint density at radius 3 is 2.43 bits per heavy atom. The molecule has 1 aromatic rings. The maximum absolute atomic E-state index is 5.88. The summed E-state index contributed by atoms with van der Waals surface area (Å²) in [5.74, 6) is 1.23. The molecule has 76 valence electrons. The van der Waals surface area contributed by atoms with Crippen LogP contribution in [-0.4, -0.2) is 11.0 Å². The molecule has 3 atom stereocenters. The highest BCUT2D eigenvalue weighted by atomic mass is 79.9. The molecule has 0 aromatic carbocycles. The molecule has 1 fully saturated rings. The van der Waals surface area contributed by atoms with Crippen molar-refractivity contribution < 1.29 is 0 Å². The number of nitrogens with zero attached hydrogens (tertiary/aromatic N) is 1. The molecule has 1 aliphatic carbocycles. The van der Waals surface area contributed by atoms with Gasteiger partial charge in [0.15, 0.2) is 0 Å². The Morgan fingerprint density at radius 1 is 1.43 bits per heavy atom. The fourth-order valence-electron chi connectivity index (χ4n) is 1.90. The van der Waals surface area contributed by atoms with E-state index in [4.69, 9.17) is 5.73 Å². The standard InChI is InChI=1S/C10H12Br2N2/c1-5(13)6-2-7(6)10-8(11)3-14-4-9(10)12/h3-7H,2,13H2,1H3. The third-order valence-electron chi connectivity index (χ3n) is 2.78. The SMILES string of the molecule is CC(N)C1CC1c1c(Br)cncc1Br. The molecular formula is C10H12Br2N2. The summed E-state index contributed by atoms with van der Waals surface area (Å²) < 4.78 is 2.17. The number of hydrogen-bond acceptors (Lipinski definition) is 2. The lowest BCUT2D eigenvalue weighted by Gasteiger charge is -2.07. The molecule has 1 aromatic heterocycles. The molecule has 0 saturated heterocycles. The van der Waals surface area contributed by atoms with Crippen LogP contribution in [0.3, 0.4) is 0 Å². The largest absolute Gasteiger partial charge is 0.328 e. The fourth-order valence-corrected chi connectivity index (χ4v) is 3.42. The van der Waals surface area contributed by atoms with Crippen LogP contribution in [0.1, 0.15) is 24.8 Å². The van der Waals surface area contributed by atoms with Gasteiger partial charge in [-0.15, -0.1) is 0 Å². The van der Waals surface area contributed by atoms with Crippen LogP contribution in [0.2, 0.25) is 0 Å². The normalized spacial score (nSPS) is 27.4. The zero-order valence-electron chi connectivity index (χ0n) is 7.87. The number of nitrogens with two attached hydrogens (primary N) is 1. The van der Waals surface area contributed by atoms with Gasteiger partial charge in [-0.2, -0.15) is 0 Å². The molecule has 0 spiro atoms. The van der Waals surface area contributed by atoms with Gasteiger partial charge in [-0.25, -0.2) is 0 Å². The van der Waals surface area contributed by atoms with Gasteiger partial charge in [0.2, 0.25) is 0 Å². The van der Waals surface area contributed by atoms with Gasteiger partial charge in [-0.1, -0.05) is 0 Å². The summed E-state index contributed by atoms with van der Waals surface area (Å²) in [7, 11) is 0. The Bertz CT molecular complexity index is 332. The Kier molecular flexibility index (Phi) is 2.96. The first-order chi connectivity index (χ1) is 6.61. The van der Waals surface area contributed by atoms with Crippen molar-refractivity contribution >= 4 is 31.9 Å². The van der Waals surface area contributed by atoms with Crippen molar-refractivity contribution in [3.63, 3.8) is 0 Å². The second kappa shape index (κ2) is 3.91. The van der Waals surface area contributed by atoms with Crippen LogP contribution in [-0.2, 0) is 0 Å². The van der Waals surface area contributed by atoms with Crippen molar-refractivity contribution in [2.75, 3.05) is 0 Å². The summed E-state index contributed by atoms with van der Waals surface area (Å²) in [6.45, 7) is 2.08. The van der Waals surface area contributed by atoms with Gasteiger partial charge in [-0.05, 0) is 62.6 Å². The highest BCUT2D eigenvalue weighted by Crippen LogP contribution is 2.52. The van der Waals surface area contributed by atoms with Crippen LogP contribution in [0.5, 0.6) is 0 Å². The summed E-state index contributed by atoms with van der Waals surface area (Å²) in [6.07, 6.45) is 4.88. The Morgan fingerprint density at radius 2 is 2.00 bits per heavy atom. The van der Waals surface area contributed by atoms with Gasteiger partial charge in [0.25, 0.3) is 0 Å². The lowest BCUT2D eigenvalue weighted by Crippen LogP contribution is -2.18. The van der Waals surface area contributed by atoms with Crippen molar-refractivity contribution in [2.45, 2.75) is 25.3 Å². The van der Waals surface area contributed by atoms with E-state index in [9.17, 15) is 0 Å². The summed E-state index contributed by atoms with van der Waals surface area (Å²) in [6, 6.07) is 0.284. The van der Waals surface area contributed by atoms with Crippen LogP contribution in [0.25, 0.3) is 0 Å². The van der Waals surface area contributed by atoms with Crippen molar-refractivity contribution in [3.05, 3.63) is 26.9 Å². The van der Waals surface area contributed by atoms with Gasteiger partial charge < -0.3 is 5.73 Å². The lowest BCUT2D eigenvalue weighted by atomic mass is 10.1. The molecule has 2 rings (SSSR count). The summed E-state index contributed by atoms with van der Waals surface area (Å²) in [4.78, 5) is 4.10. The van der Waals surface area contributed by atoms with E-state index in [1.807, 2.05) is 12.4 Å². The van der Waals surface area contributed by atoms with Crippen LogP contribution < -0.4 is 5.73 Å². The average Bonchev–Trinajstić information content (AvgIpc) is 2.83. The highest BCUT2D eigenvalue weighted by molar-refractivity contribution is 9.11. The van der Waals surface area contributed by atoms with E-state index in [1.54, 1.807) is 0 Å². The first-order valence-corrected chi connectivity index (χ1v) is 6.24. The van der Waals surface area contributed by atoms with E-state index < -0.39 is 0 Å². The summed E-state index contributed by atoms with van der Waals surface area (Å²) in [5, 5.41) is 0. The molecule has 1 saturated carbocycles. The van der Waals surface area contributed by atoms with Crippen LogP contribution in [0.4, 0.5) is 0 Å². The predicted molar refractivity (Wildman–Crippen MR) is 64.1 cm³/mol. The number of hydrogen-bond donors (Lipinski definition) is 1. The Hall–Kier alpha value is 0.0700. The van der Waals surface area contributed by atoms with E-state index in [1.165, 1.54) is 12.0 Å². The second-order valence-electron chi connectivity index (χ2n) is 3.88. The van der Waals surface area contributed by atoms with E-state index in [0.717, 1.165) is 8.95 Å². The number of pyridine rings is 1. The maximum Gasteiger partial charge on any atom is 0.0413 e. The van der Waals surface area contributed by atoms with Gasteiger partial charge >= 0.3 is 0 Å². The van der Waals surface area contributed by atoms with E-state index in [2.05, 4.69) is 43.8 Å². The van der Waals surface area contributed by atoms with Crippen LogP contribution in [0, 0.1) is 5.92 Å². The first kappa shape index (κ1) is 10.6. The van der Waals surface area contributed by atoms with Gasteiger partial charge in [0, 0.05) is 27.4 Å². The summed E-state index contributed by atoms with van der Waals surface area (Å²) >= 11 is 7.06. The molecular weight excluding hydrogens is 308 g/mol. The third-order valence-corrected chi connectivity index (χ3v) is 4.04. The molecule has 0 radical (unpaired) electrons. The number of aromatic nitrogens is 1. The van der Waals surface area contributed by atoms with Crippen LogP contribution >= 0.6 is 31.9 Å². The monoisotopic (exact) mass is 318 g/mol. The second-order valence-corrected chi connectivity index (χ2v) is 5.59. The minimum atomic E-state index is 0.284. The molecule has 0 bridgehead atoms. The fraction of sp³-hybridized carbons (Fsp3) is 0.500. The van der Waals surface area contributed by atoms with E-state index in [0.29, 0.717) is 11.8 Å². The molecule has 0 aliphatic heterocycles. The van der Waals surface area contributed by atoms with Crippen molar-refractivity contribution in [1.82, 2.24) is 4.98 Å². The molecule has 0 amide bonds.